The van der Waals surface area contributed by atoms with E-state index in [-0.39, 0.29) is 18.1 Å². The SMILES string of the molecule is CC(C)CC1(CN2C(=O)C(C)NC2C)CCCC1. The lowest BCUT2D eigenvalue weighted by Crippen LogP contribution is -2.43. The molecule has 0 bridgehead atoms. The van der Waals surface area contributed by atoms with Crippen LogP contribution in [-0.2, 0) is 4.79 Å². The number of carbonyl (C=O) groups is 1. The van der Waals surface area contributed by atoms with Crippen molar-refractivity contribution in [2.45, 2.75) is 72.0 Å². The molecule has 18 heavy (non-hydrogen) atoms. The Bertz CT molecular complexity index is 308. The van der Waals surface area contributed by atoms with Crippen molar-refractivity contribution in [3.63, 3.8) is 0 Å². The molecule has 104 valence electrons. The second-order valence-electron chi connectivity index (χ2n) is 6.84. The number of nitrogens with zero attached hydrogens (tertiary/aromatic N) is 1. The van der Waals surface area contributed by atoms with Crippen molar-refractivity contribution in [3.05, 3.63) is 0 Å². The van der Waals surface area contributed by atoms with Crippen molar-refractivity contribution >= 4 is 5.91 Å². The predicted octanol–water partition coefficient (Wildman–Crippen LogP) is 2.76. The van der Waals surface area contributed by atoms with Gasteiger partial charge in [-0.2, -0.15) is 0 Å². The van der Waals surface area contributed by atoms with E-state index in [1.165, 1.54) is 32.1 Å². The van der Waals surface area contributed by atoms with Gasteiger partial charge in [0.2, 0.25) is 5.91 Å². The van der Waals surface area contributed by atoms with Crippen molar-refractivity contribution < 1.29 is 4.79 Å². The number of nitrogens with one attached hydrogen (secondary N) is 1. The van der Waals surface area contributed by atoms with Gasteiger partial charge in [0.05, 0.1) is 12.2 Å². The van der Waals surface area contributed by atoms with Gasteiger partial charge < -0.3 is 4.90 Å². The lowest BCUT2D eigenvalue weighted by Gasteiger charge is -2.36. The highest BCUT2D eigenvalue weighted by Gasteiger charge is 2.41. The molecule has 0 aromatic heterocycles. The van der Waals surface area contributed by atoms with Gasteiger partial charge in [-0.25, -0.2) is 0 Å². The van der Waals surface area contributed by atoms with Crippen molar-refractivity contribution in [2.24, 2.45) is 11.3 Å². The third kappa shape index (κ3) is 2.71. The number of amides is 1. The number of carbonyl (C=O) groups excluding carboxylic acids is 1. The average molecular weight is 252 g/mol. The summed E-state index contributed by atoms with van der Waals surface area (Å²) in [6, 6.07) is -0.00231. The van der Waals surface area contributed by atoms with Gasteiger partial charge in [-0.15, -0.1) is 0 Å². The molecule has 2 fully saturated rings. The van der Waals surface area contributed by atoms with Gasteiger partial charge in [0, 0.05) is 6.54 Å². The molecular formula is C15H28N2O. The molecule has 2 atom stereocenters. The van der Waals surface area contributed by atoms with Gasteiger partial charge in [0.25, 0.3) is 0 Å². The minimum absolute atomic E-state index is 0.00231. The van der Waals surface area contributed by atoms with E-state index in [1.807, 2.05) is 6.92 Å². The molecule has 1 saturated carbocycles. The number of hydrogen-bond acceptors (Lipinski definition) is 2. The zero-order valence-electron chi connectivity index (χ0n) is 12.3. The van der Waals surface area contributed by atoms with Crippen LogP contribution in [0.25, 0.3) is 0 Å². The van der Waals surface area contributed by atoms with Gasteiger partial charge in [-0.05, 0) is 44.4 Å². The Morgan fingerprint density at radius 2 is 1.94 bits per heavy atom. The summed E-state index contributed by atoms with van der Waals surface area (Å²) in [7, 11) is 0. The summed E-state index contributed by atoms with van der Waals surface area (Å²) < 4.78 is 0. The van der Waals surface area contributed by atoms with E-state index in [1.54, 1.807) is 0 Å². The Hall–Kier alpha value is -0.570. The van der Waals surface area contributed by atoms with Crippen molar-refractivity contribution in [1.29, 1.82) is 0 Å². The molecule has 1 saturated heterocycles. The van der Waals surface area contributed by atoms with E-state index in [2.05, 4.69) is 31.0 Å². The zero-order valence-corrected chi connectivity index (χ0v) is 12.3. The van der Waals surface area contributed by atoms with Crippen molar-refractivity contribution in [2.75, 3.05) is 6.54 Å². The van der Waals surface area contributed by atoms with E-state index in [9.17, 15) is 4.79 Å². The molecule has 0 aromatic carbocycles. The third-order valence-electron chi connectivity index (χ3n) is 4.62. The standard InChI is InChI=1S/C15H28N2O/c1-11(2)9-15(7-5-6-8-15)10-17-13(4)16-12(3)14(17)18/h11-13,16H,5-10H2,1-4H3. The molecule has 1 heterocycles. The molecule has 0 radical (unpaired) electrons. The molecule has 2 unspecified atom stereocenters. The lowest BCUT2D eigenvalue weighted by atomic mass is 9.78. The Balaban J connectivity index is 2.07. The first-order chi connectivity index (χ1) is 8.43. The largest absolute Gasteiger partial charge is 0.326 e. The zero-order chi connectivity index (χ0) is 13.3. The average Bonchev–Trinajstić information content (AvgIpc) is 2.80. The van der Waals surface area contributed by atoms with Crippen LogP contribution in [0.1, 0.15) is 59.8 Å². The molecule has 0 spiro atoms. The number of rotatable bonds is 4. The molecule has 3 heteroatoms. The monoisotopic (exact) mass is 252 g/mol. The normalized spacial score (nSPS) is 31.6. The topological polar surface area (TPSA) is 32.3 Å². The second-order valence-corrected chi connectivity index (χ2v) is 6.84. The summed E-state index contributed by atoms with van der Waals surface area (Å²) in [4.78, 5) is 14.3. The van der Waals surface area contributed by atoms with E-state index >= 15 is 0 Å². The quantitative estimate of drug-likeness (QED) is 0.834. The van der Waals surface area contributed by atoms with Crippen LogP contribution in [0.3, 0.4) is 0 Å². The van der Waals surface area contributed by atoms with Gasteiger partial charge in [-0.3, -0.25) is 10.1 Å². The van der Waals surface area contributed by atoms with Crippen LogP contribution in [-0.4, -0.2) is 29.6 Å². The van der Waals surface area contributed by atoms with E-state index in [4.69, 9.17) is 0 Å². The molecule has 3 nitrogen and oxygen atoms in total. The minimum Gasteiger partial charge on any atom is -0.326 e. The molecule has 2 aliphatic rings. The van der Waals surface area contributed by atoms with Crippen LogP contribution < -0.4 is 5.32 Å². The summed E-state index contributed by atoms with van der Waals surface area (Å²) in [6.07, 6.45) is 6.75. The van der Waals surface area contributed by atoms with Crippen molar-refractivity contribution in [1.82, 2.24) is 10.2 Å². The van der Waals surface area contributed by atoms with Crippen LogP contribution >= 0.6 is 0 Å². The Labute approximate surface area is 111 Å². The fraction of sp³-hybridized carbons (Fsp3) is 0.933. The minimum atomic E-state index is -0.00231. The smallest absolute Gasteiger partial charge is 0.240 e. The summed E-state index contributed by atoms with van der Waals surface area (Å²) in [5, 5.41) is 3.34. The Morgan fingerprint density at radius 1 is 1.33 bits per heavy atom. The molecule has 2 rings (SSSR count). The first kappa shape index (κ1) is 13.9. The predicted molar refractivity (Wildman–Crippen MR) is 74.1 cm³/mol. The maximum Gasteiger partial charge on any atom is 0.240 e. The molecule has 1 N–H and O–H groups in total. The first-order valence-electron chi connectivity index (χ1n) is 7.50. The van der Waals surface area contributed by atoms with E-state index in [0.29, 0.717) is 5.41 Å². The summed E-state index contributed by atoms with van der Waals surface area (Å²) >= 11 is 0. The maximum atomic E-state index is 12.2. The Morgan fingerprint density at radius 3 is 2.39 bits per heavy atom. The Kier molecular flexibility index (Phi) is 4.00. The first-order valence-corrected chi connectivity index (χ1v) is 7.50. The van der Waals surface area contributed by atoms with Crippen LogP contribution in [0.15, 0.2) is 0 Å². The van der Waals surface area contributed by atoms with Crippen LogP contribution in [0, 0.1) is 11.3 Å². The molecule has 1 aliphatic carbocycles. The summed E-state index contributed by atoms with van der Waals surface area (Å²) in [5.41, 5.74) is 0.393. The highest BCUT2D eigenvalue weighted by Crippen LogP contribution is 2.44. The van der Waals surface area contributed by atoms with Crippen LogP contribution in [0.5, 0.6) is 0 Å². The number of hydrogen-bond donors (Lipinski definition) is 1. The summed E-state index contributed by atoms with van der Waals surface area (Å²) in [5.74, 6) is 1.01. The van der Waals surface area contributed by atoms with Crippen LogP contribution in [0.4, 0.5) is 0 Å². The molecular weight excluding hydrogens is 224 g/mol. The molecule has 0 aromatic rings. The maximum absolute atomic E-state index is 12.2. The third-order valence-corrected chi connectivity index (χ3v) is 4.62. The highest BCUT2D eigenvalue weighted by atomic mass is 16.2. The van der Waals surface area contributed by atoms with Crippen LogP contribution in [0.2, 0.25) is 0 Å². The summed E-state index contributed by atoms with van der Waals surface area (Å²) in [6.45, 7) is 9.65. The molecule has 1 aliphatic heterocycles. The van der Waals surface area contributed by atoms with E-state index in [0.717, 1.165) is 12.5 Å². The van der Waals surface area contributed by atoms with Crippen molar-refractivity contribution in [3.8, 4) is 0 Å². The highest BCUT2D eigenvalue weighted by molar-refractivity contribution is 5.83. The van der Waals surface area contributed by atoms with Gasteiger partial charge >= 0.3 is 0 Å². The fourth-order valence-corrected chi connectivity index (χ4v) is 3.96. The lowest BCUT2D eigenvalue weighted by molar-refractivity contribution is -0.131. The van der Waals surface area contributed by atoms with Gasteiger partial charge in [-0.1, -0.05) is 26.7 Å². The van der Waals surface area contributed by atoms with Gasteiger partial charge in [0.1, 0.15) is 0 Å². The molecule has 1 amide bonds. The van der Waals surface area contributed by atoms with E-state index < -0.39 is 0 Å². The fourth-order valence-electron chi connectivity index (χ4n) is 3.96. The second kappa shape index (κ2) is 5.20. The van der Waals surface area contributed by atoms with Gasteiger partial charge in [0.15, 0.2) is 0 Å².